The Morgan fingerprint density at radius 2 is 1.24 bits per heavy atom. The zero-order chi connectivity index (χ0) is 23.1. The molecule has 3 nitrogen and oxygen atoms in total. The SMILES string of the molecule is CCCCCCCCCCCCOc1ccc(-c2ccc(-n3cc[n+](CCC)c3)cc2)cc1. The van der Waals surface area contributed by atoms with Gasteiger partial charge in [0, 0.05) is 0 Å². The van der Waals surface area contributed by atoms with E-state index in [0.717, 1.165) is 31.7 Å². The standard InChI is InChI=1S/C30H43N2O/c1-3-5-6-7-8-9-10-11-12-13-25-33-30-20-16-28(17-21-30)27-14-18-29(19-15-27)32-24-23-31(26-32)22-4-2/h14-21,23-24,26H,3-13,22,25H2,1-2H3/q+1. The molecule has 33 heavy (non-hydrogen) atoms. The fourth-order valence-electron chi connectivity index (χ4n) is 4.29. The number of benzene rings is 2. The molecule has 0 amide bonds. The first-order chi connectivity index (χ1) is 16.3. The minimum atomic E-state index is 0.819. The van der Waals surface area contributed by atoms with Crippen molar-refractivity contribution in [2.24, 2.45) is 0 Å². The number of unbranched alkanes of at least 4 members (excludes halogenated alkanes) is 9. The monoisotopic (exact) mass is 447 g/mol. The van der Waals surface area contributed by atoms with Crippen LogP contribution in [-0.4, -0.2) is 11.2 Å². The summed E-state index contributed by atoms with van der Waals surface area (Å²) < 4.78 is 10.4. The average Bonchev–Trinajstić information content (AvgIpc) is 3.32. The summed E-state index contributed by atoms with van der Waals surface area (Å²) in [6.45, 7) is 6.35. The topological polar surface area (TPSA) is 18.0 Å². The first-order valence-corrected chi connectivity index (χ1v) is 13.2. The highest BCUT2D eigenvalue weighted by atomic mass is 16.5. The molecule has 1 aromatic heterocycles. The van der Waals surface area contributed by atoms with Gasteiger partial charge in [-0.3, -0.25) is 0 Å². The third kappa shape index (κ3) is 8.72. The van der Waals surface area contributed by atoms with Gasteiger partial charge < -0.3 is 4.74 Å². The largest absolute Gasteiger partial charge is 0.494 e. The van der Waals surface area contributed by atoms with Crippen LogP contribution in [0.5, 0.6) is 5.75 Å². The Kier molecular flexibility index (Phi) is 11.1. The van der Waals surface area contributed by atoms with Gasteiger partial charge in [0.2, 0.25) is 6.33 Å². The second-order valence-corrected chi connectivity index (χ2v) is 9.16. The second kappa shape index (κ2) is 14.6. The summed E-state index contributed by atoms with van der Waals surface area (Å²) in [4.78, 5) is 0. The number of hydrogen-bond acceptors (Lipinski definition) is 1. The van der Waals surface area contributed by atoms with E-state index in [2.05, 4.69) is 90.2 Å². The van der Waals surface area contributed by atoms with Gasteiger partial charge in [-0.1, -0.05) is 95.9 Å². The Hall–Kier alpha value is -2.55. The fourth-order valence-corrected chi connectivity index (χ4v) is 4.29. The highest BCUT2D eigenvalue weighted by Gasteiger charge is 2.07. The van der Waals surface area contributed by atoms with Crippen molar-refractivity contribution in [1.29, 1.82) is 0 Å². The molecule has 0 saturated carbocycles. The molecule has 0 saturated heterocycles. The van der Waals surface area contributed by atoms with Gasteiger partial charge in [0.15, 0.2) is 0 Å². The van der Waals surface area contributed by atoms with Gasteiger partial charge in [-0.2, -0.15) is 0 Å². The van der Waals surface area contributed by atoms with Crippen molar-refractivity contribution < 1.29 is 9.30 Å². The molecule has 0 radical (unpaired) electrons. The third-order valence-electron chi connectivity index (χ3n) is 6.29. The van der Waals surface area contributed by atoms with Gasteiger partial charge in [-0.15, -0.1) is 0 Å². The normalized spacial score (nSPS) is 11.1. The Labute approximate surface area is 201 Å². The average molecular weight is 448 g/mol. The lowest BCUT2D eigenvalue weighted by molar-refractivity contribution is -0.696. The van der Waals surface area contributed by atoms with E-state index in [1.54, 1.807) is 0 Å². The van der Waals surface area contributed by atoms with Crippen LogP contribution in [-0.2, 0) is 6.54 Å². The number of imidazole rings is 1. The Bertz CT molecular complexity index is 896. The minimum absolute atomic E-state index is 0.819. The maximum absolute atomic E-state index is 5.96. The molecule has 0 atom stereocenters. The van der Waals surface area contributed by atoms with E-state index in [0.29, 0.717) is 0 Å². The molecule has 0 aliphatic rings. The number of ether oxygens (including phenoxy) is 1. The zero-order valence-electron chi connectivity index (χ0n) is 20.8. The fraction of sp³-hybridized carbons (Fsp3) is 0.500. The molecule has 0 N–H and O–H groups in total. The lowest BCUT2D eigenvalue weighted by Gasteiger charge is -2.08. The first-order valence-electron chi connectivity index (χ1n) is 13.2. The molecule has 0 aliphatic heterocycles. The summed E-state index contributed by atoms with van der Waals surface area (Å²) in [7, 11) is 0. The van der Waals surface area contributed by atoms with Crippen molar-refractivity contribution >= 4 is 0 Å². The van der Waals surface area contributed by atoms with E-state index in [9.17, 15) is 0 Å². The molecule has 1 heterocycles. The van der Waals surface area contributed by atoms with Gasteiger partial charge in [-0.25, -0.2) is 9.13 Å². The van der Waals surface area contributed by atoms with Crippen LogP contribution in [0.25, 0.3) is 16.8 Å². The highest BCUT2D eigenvalue weighted by molar-refractivity contribution is 5.65. The summed E-state index contributed by atoms with van der Waals surface area (Å²) >= 11 is 0. The molecular formula is C30H43N2O+. The number of aromatic nitrogens is 2. The lowest BCUT2D eigenvalue weighted by Crippen LogP contribution is -2.30. The van der Waals surface area contributed by atoms with Crippen molar-refractivity contribution in [1.82, 2.24) is 4.57 Å². The quantitative estimate of drug-likeness (QED) is 0.160. The van der Waals surface area contributed by atoms with Crippen LogP contribution in [0.4, 0.5) is 0 Å². The molecule has 178 valence electrons. The Morgan fingerprint density at radius 1 is 0.667 bits per heavy atom. The van der Waals surface area contributed by atoms with Crippen molar-refractivity contribution in [3.05, 3.63) is 67.3 Å². The van der Waals surface area contributed by atoms with E-state index < -0.39 is 0 Å². The molecular weight excluding hydrogens is 404 g/mol. The van der Waals surface area contributed by atoms with E-state index in [-0.39, 0.29) is 0 Å². The summed E-state index contributed by atoms with van der Waals surface area (Å²) in [5.74, 6) is 0.971. The van der Waals surface area contributed by atoms with Gasteiger partial charge in [0.05, 0.1) is 13.2 Å². The first kappa shape index (κ1) is 25.1. The van der Waals surface area contributed by atoms with Crippen molar-refractivity contribution in [2.45, 2.75) is 91.0 Å². The Balaban J connectivity index is 1.35. The van der Waals surface area contributed by atoms with Crippen LogP contribution in [0.1, 0.15) is 84.5 Å². The molecule has 3 rings (SSSR count). The predicted molar refractivity (Wildman–Crippen MR) is 139 cm³/mol. The van der Waals surface area contributed by atoms with E-state index >= 15 is 0 Å². The third-order valence-corrected chi connectivity index (χ3v) is 6.29. The molecule has 0 unspecified atom stereocenters. The van der Waals surface area contributed by atoms with Crippen LogP contribution < -0.4 is 9.30 Å². The summed E-state index contributed by atoms with van der Waals surface area (Å²) in [5, 5.41) is 0. The molecule has 2 aromatic carbocycles. The molecule has 0 spiro atoms. The van der Waals surface area contributed by atoms with Crippen molar-refractivity contribution in [3.8, 4) is 22.6 Å². The lowest BCUT2D eigenvalue weighted by atomic mass is 10.1. The van der Waals surface area contributed by atoms with Crippen LogP contribution in [0, 0.1) is 0 Å². The van der Waals surface area contributed by atoms with E-state index in [1.165, 1.54) is 74.6 Å². The summed E-state index contributed by atoms with van der Waals surface area (Å²) in [5.41, 5.74) is 3.64. The maximum atomic E-state index is 5.96. The maximum Gasteiger partial charge on any atom is 0.248 e. The number of aryl methyl sites for hydroxylation is 1. The summed E-state index contributed by atoms with van der Waals surface area (Å²) in [6.07, 6.45) is 21.1. The molecule has 0 bridgehead atoms. The Morgan fingerprint density at radius 3 is 1.85 bits per heavy atom. The minimum Gasteiger partial charge on any atom is -0.494 e. The zero-order valence-corrected chi connectivity index (χ0v) is 20.8. The second-order valence-electron chi connectivity index (χ2n) is 9.16. The van der Waals surface area contributed by atoms with Gasteiger partial charge in [0.1, 0.15) is 23.8 Å². The molecule has 0 aliphatic carbocycles. The highest BCUT2D eigenvalue weighted by Crippen LogP contribution is 2.24. The van der Waals surface area contributed by atoms with Crippen LogP contribution in [0.2, 0.25) is 0 Å². The van der Waals surface area contributed by atoms with Crippen molar-refractivity contribution in [2.75, 3.05) is 6.61 Å². The van der Waals surface area contributed by atoms with Crippen LogP contribution in [0.3, 0.4) is 0 Å². The smallest absolute Gasteiger partial charge is 0.248 e. The van der Waals surface area contributed by atoms with Crippen molar-refractivity contribution in [3.63, 3.8) is 0 Å². The predicted octanol–water partition coefficient (Wildman–Crippen LogP) is 8.14. The van der Waals surface area contributed by atoms with Crippen LogP contribution in [0.15, 0.2) is 67.3 Å². The van der Waals surface area contributed by atoms with E-state index in [4.69, 9.17) is 4.74 Å². The number of hydrogen-bond donors (Lipinski definition) is 0. The number of rotatable bonds is 16. The van der Waals surface area contributed by atoms with Gasteiger partial charge >= 0.3 is 0 Å². The number of nitrogens with zero attached hydrogens (tertiary/aromatic N) is 2. The van der Waals surface area contributed by atoms with Gasteiger partial charge in [-0.05, 0) is 48.2 Å². The molecule has 3 aromatic rings. The molecule has 3 heteroatoms. The summed E-state index contributed by atoms with van der Waals surface area (Å²) in [6, 6.07) is 17.3. The van der Waals surface area contributed by atoms with E-state index in [1.807, 2.05) is 0 Å². The molecule has 0 fully saturated rings. The van der Waals surface area contributed by atoms with Gasteiger partial charge in [0.25, 0.3) is 0 Å². The van der Waals surface area contributed by atoms with Crippen LogP contribution >= 0.6 is 0 Å².